The van der Waals surface area contributed by atoms with Gasteiger partial charge in [-0.15, -0.1) is 0 Å². The van der Waals surface area contributed by atoms with Crippen LogP contribution < -0.4 is 10.0 Å². The van der Waals surface area contributed by atoms with Crippen LogP contribution in [-0.2, 0) is 10.0 Å². The van der Waals surface area contributed by atoms with Crippen LogP contribution >= 0.6 is 0 Å². The van der Waals surface area contributed by atoms with Gasteiger partial charge in [0.2, 0.25) is 10.0 Å². The molecule has 1 unspecified atom stereocenters. The Bertz CT molecular complexity index is 335. The van der Waals surface area contributed by atoms with E-state index in [0.29, 0.717) is 13.1 Å². The minimum Gasteiger partial charge on any atom is -0.389 e. The number of hydrogen-bond acceptors (Lipinski definition) is 4. The molecule has 0 aromatic rings. The molecule has 5 nitrogen and oxygen atoms in total. The molecule has 0 aromatic heterocycles. The van der Waals surface area contributed by atoms with Crippen molar-refractivity contribution in [1.29, 1.82) is 0 Å². The van der Waals surface area contributed by atoms with Crippen molar-refractivity contribution in [2.24, 2.45) is 5.92 Å². The minimum absolute atomic E-state index is 0.140. The largest absolute Gasteiger partial charge is 0.389 e. The van der Waals surface area contributed by atoms with Crippen LogP contribution in [0.4, 0.5) is 0 Å². The van der Waals surface area contributed by atoms with E-state index in [9.17, 15) is 13.5 Å². The molecule has 0 fully saturated rings. The zero-order chi connectivity index (χ0) is 13.9. The first-order valence-electron chi connectivity index (χ1n) is 5.78. The van der Waals surface area contributed by atoms with Gasteiger partial charge in [-0.3, -0.25) is 0 Å². The van der Waals surface area contributed by atoms with E-state index in [2.05, 4.69) is 10.0 Å². The predicted molar refractivity (Wildman–Crippen MR) is 70.4 cm³/mol. The fourth-order valence-electron chi connectivity index (χ4n) is 1.37. The second-order valence-electron chi connectivity index (χ2n) is 5.87. The number of rotatable bonds is 7. The predicted octanol–water partition coefficient (Wildman–Crippen LogP) is 0.311. The van der Waals surface area contributed by atoms with E-state index in [0.717, 1.165) is 6.26 Å². The van der Waals surface area contributed by atoms with Crippen molar-refractivity contribution < 1.29 is 13.5 Å². The summed E-state index contributed by atoms with van der Waals surface area (Å²) in [4.78, 5) is 0. The molecule has 104 valence electrons. The van der Waals surface area contributed by atoms with E-state index < -0.39 is 21.2 Å². The maximum atomic E-state index is 11.1. The maximum absolute atomic E-state index is 11.1. The second kappa shape index (κ2) is 5.65. The van der Waals surface area contributed by atoms with Gasteiger partial charge < -0.3 is 10.4 Å². The van der Waals surface area contributed by atoms with Crippen molar-refractivity contribution >= 4 is 10.0 Å². The summed E-state index contributed by atoms with van der Waals surface area (Å²) in [6, 6.07) is 0. The minimum atomic E-state index is -3.22. The molecule has 0 aliphatic carbocycles. The van der Waals surface area contributed by atoms with Crippen molar-refractivity contribution in [3.63, 3.8) is 0 Å². The van der Waals surface area contributed by atoms with Gasteiger partial charge in [0.25, 0.3) is 0 Å². The van der Waals surface area contributed by atoms with E-state index in [1.54, 1.807) is 20.8 Å². The Labute approximate surface area is 105 Å². The Morgan fingerprint density at radius 3 is 2.00 bits per heavy atom. The van der Waals surface area contributed by atoms with Crippen molar-refractivity contribution in [1.82, 2.24) is 10.0 Å². The smallest absolute Gasteiger partial charge is 0.209 e. The molecule has 17 heavy (non-hydrogen) atoms. The lowest BCUT2D eigenvalue weighted by atomic mass is 9.92. The Hall–Kier alpha value is -0.170. The van der Waals surface area contributed by atoms with Gasteiger partial charge in [-0.1, -0.05) is 13.8 Å². The lowest BCUT2D eigenvalue weighted by molar-refractivity contribution is 0.0134. The second-order valence-corrected chi connectivity index (χ2v) is 7.62. The third-order valence-corrected chi connectivity index (χ3v) is 3.68. The van der Waals surface area contributed by atoms with E-state index >= 15 is 0 Å². The Morgan fingerprint density at radius 2 is 1.65 bits per heavy atom. The first kappa shape index (κ1) is 16.8. The summed E-state index contributed by atoms with van der Waals surface area (Å²) >= 11 is 0. The molecule has 0 spiro atoms. The average Bonchev–Trinajstić information content (AvgIpc) is 1.97. The average molecular weight is 266 g/mol. The Kier molecular flexibility index (Phi) is 5.59. The summed E-state index contributed by atoms with van der Waals surface area (Å²) in [5.41, 5.74) is -1.36. The Balaban J connectivity index is 4.21. The van der Waals surface area contributed by atoms with Crippen LogP contribution in [0.3, 0.4) is 0 Å². The van der Waals surface area contributed by atoms with Gasteiger partial charge in [0.1, 0.15) is 0 Å². The van der Waals surface area contributed by atoms with E-state index in [1.807, 2.05) is 13.8 Å². The lowest BCUT2D eigenvalue weighted by Gasteiger charge is -2.31. The molecule has 0 aromatic carbocycles. The van der Waals surface area contributed by atoms with Crippen LogP contribution in [0.15, 0.2) is 0 Å². The molecule has 0 bridgehead atoms. The van der Waals surface area contributed by atoms with Crippen LogP contribution in [0.25, 0.3) is 0 Å². The molecular formula is C11H26N2O3S. The molecule has 1 atom stereocenters. The van der Waals surface area contributed by atoms with Gasteiger partial charge in [0.15, 0.2) is 0 Å². The highest BCUT2D eigenvalue weighted by Crippen LogP contribution is 2.14. The number of hydrogen-bond donors (Lipinski definition) is 3. The van der Waals surface area contributed by atoms with Crippen LogP contribution in [0.1, 0.15) is 34.6 Å². The number of aliphatic hydroxyl groups is 1. The fraction of sp³-hybridized carbons (Fsp3) is 1.00. The summed E-state index contributed by atoms with van der Waals surface area (Å²) in [6.45, 7) is 10.1. The number of nitrogens with one attached hydrogen (secondary N) is 2. The first-order chi connectivity index (χ1) is 7.36. The van der Waals surface area contributed by atoms with E-state index in [4.69, 9.17) is 0 Å². The molecule has 0 aliphatic rings. The molecule has 0 saturated carbocycles. The van der Waals surface area contributed by atoms with Crippen LogP contribution in [0.5, 0.6) is 0 Å². The summed E-state index contributed by atoms with van der Waals surface area (Å²) in [7, 11) is -3.22. The first-order valence-corrected chi connectivity index (χ1v) is 7.67. The van der Waals surface area contributed by atoms with Gasteiger partial charge >= 0.3 is 0 Å². The molecule has 0 saturated heterocycles. The van der Waals surface area contributed by atoms with Gasteiger partial charge in [-0.05, 0) is 26.7 Å². The summed E-state index contributed by atoms with van der Waals surface area (Å²) in [5, 5.41) is 13.1. The quantitative estimate of drug-likeness (QED) is 0.620. The van der Waals surface area contributed by atoms with E-state index in [-0.39, 0.29) is 5.92 Å². The van der Waals surface area contributed by atoms with Crippen molar-refractivity contribution in [3.05, 3.63) is 0 Å². The van der Waals surface area contributed by atoms with E-state index in [1.165, 1.54) is 0 Å². The molecule has 6 heteroatoms. The number of sulfonamides is 1. The summed E-state index contributed by atoms with van der Waals surface area (Å²) < 4.78 is 24.8. The fourth-order valence-corrected chi connectivity index (χ4v) is 2.45. The summed E-state index contributed by atoms with van der Waals surface area (Å²) in [6.07, 6.45) is 1.14. The monoisotopic (exact) mass is 266 g/mol. The SMILES string of the molecule is CC(C)C(C)(O)CNCC(C)(C)NS(C)(=O)=O. The molecule has 0 rings (SSSR count). The molecule has 0 aliphatic heterocycles. The zero-order valence-corrected chi connectivity index (χ0v) is 12.5. The molecular weight excluding hydrogens is 240 g/mol. The molecule has 0 heterocycles. The van der Waals surface area contributed by atoms with Gasteiger partial charge in [0, 0.05) is 18.6 Å². The lowest BCUT2D eigenvalue weighted by Crippen LogP contribution is -2.53. The summed E-state index contributed by atoms with van der Waals surface area (Å²) in [5.74, 6) is 0.140. The topological polar surface area (TPSA) is 78.4 Å². The standard InChI is InChI=1S/C11H26N2O3S/c1-9(2)11(5,14)8-12-7-10(3,4)13-17(6,15)16/h9,12-14H,7-8H2,1-6H3. The highest BCUT2D eigenvalue weighted by atomic mass is 32.2. The van der Waals surface area contributed by atoms with Crippen molar-refractivity contribution in [2.45, 2.75) is 45.8 Å². The van der Waals surface area contributed by atoms with Crippen molar-refractivity contribution in [2.75, 3.05) is 19.3 Å². The highest BCUT2D eigenvalue weighted by Gasteiger charge is 2.27. The third kappa shape index (κ3) is 7.70. The molecule has 0 amide bonds. The van der Waals surface area contributed by atoms with Crippen molar-refractivity contribution in [3.8, 4) is 0 Å². The van der Waals surface area contributed by atoms with Crippen LogP contribution in [0, 0.1) is 5.92 Å². The molecule has 0 radical (unpaired) electrons. The third-order valence-electron chi connectivity index (χ3n) is 2.76. The van der Waals surface area contributed by atoms with Gasteiger partial charge in [0.05, 0.1) is 11.9 Å². The Morgan fingerprint density at radius 1 is 1.18 bits per heavy atom. The van der Waals surface area contributed by atoms with Gasteiger partial charge in [-0.25, -0.2) is 13.1 Å². The maximum Gasteiger partial charge on any atom is 0.209 e. The van der Waals surface area contributed by atoms with Crippen LogP contribution in [0.2, 0.25) is 0 Å². The highest BCUT2D eigenvalue weighted by molar-refractivity contribution is 7.88. The zero-order valence-electron chi connectivity index (χ0n) is 11.7. The van der Waals surface area contributed by atoms with Gasteiger partial charge in [-0.2, -0.15) is 0 Å². The normalized spacial score (nSPS) is 17.2. The van der Waals surface area contributed by atoms with Crippen LogP contribution in [-0.4, -0.2) is 44.0 Å². The molecule has 3 N–H and O–H groups in total.